The monoisotopic (exact) mass is 340 g/mol. The Morgan fingerprint density at radius 2 is 1.75 bits per heavy atom. The maximum atomic E-state index is 12.0. The van der Waals surface area contributed by atoms with Crippen LogP contribution in [0.3, 0.4) is 0 Å². The van der Waals surface area contributed by atoms with Gasteiger partial charge < -0.3 is 15.5 Å². The minimum absolute atomic E-state index is 0.160. The lowest BCUT2D eigenvalue weighted by Crippen LogP contribution is -2.19. The van der Waals surface area contributed by atoms with E-state index in [2.05, 4.69) is 10.3 Å². The fourth-order valence-corrected chi connectivity index (χ4v) is 2.84. The zero-order valence-corrected chi connectivity index (χ0v) is 13.1. The summed E-state index contributed by atoms with van der Waals surface area (Å²) in [6.45, 7) is 0. The molecule has 3 N–H and O–H groups in total. The number of amidine groups is 1. The second kappa shape index (κ2) is 6.59. The van der Waals surface area contributed by atoms with Crippen molar-refractivity contribution in [1.82, 2.24) is 5.32 Å². The molecule has 1 saturated heterocycles. The molecule has 6 nitrogen and oxygen atoms in total. The van der Waals surface area contributed by atoms with Crippen LogP contribution in [0, 0.1) is 0 Å². The van der Waals surface area contributed by atoms with Gasteiger partial charge in [0.15, 0.2) is 5.17 Å². The normalized spacial score (nSPS) is 17.2. The van der Waals surface area contributed by atoms with Crippen molar-refractivity contribution < 1.29 is 19.8 Å². The second-order valence-electron chi connectivity index (χ2n) is 4.93. The highest BCUT2D eigenvalue weighted by Gasteiger charge is 2.23. The van der Waals surface area contributed by atoms with Crippen molar-refractivity contribution in [3.05, 3.63) is 64.6 Å². The number of carbonyl (C=O) groups excluding carboxylic acids is 1. The smallest absolute Gasteiger partial charge is 0.335 e. The molecule has 0 saturated carbocycles. The number of rotatable bonds is 3. The molecule has 2 aromatic rings. The first-order chi connectivity index (χ1) is 11.5. The fraction of sp³-hybridized carbons (Fsp3) is 0. The van der Waals surface area contributed by atoms with Gasteiger partial charge in [0.05, 0.1) is 16.2 Å². The quantitative estimate of drug-likeness (QED) is 0.746. The number of phenols is 1. The Morgan fingerprint density at radius 1 is 1.08 bits per heavy atom. The van der Waals surface area contributed by atoms with Crippen LogP contribution in [-0.4, -0.2) is 27.3 Å². The molecule has 120 valence electrons. The Bertz CT molecular complexity index is 855. The largest absolute Gasteiger partial charge is 0.508 e. The summed E-state index contributed by atoms with van der Waals surface area (Å²) in [5, 5.41) is 21.2. The van der Waals surface area contributed by atoms with Crippen molar-refractivity contribution in [2.75, 3.05) is 0 Å². The molecule has 24 heavy (non-hydrogen) atoms. The van der Waals surface area contributed by atoms with Crippen LogP contribution in [0.15, 0.2) is 58.4 Å². The van der Waals surface area contributed by atoms with E-state index in [-0.39, 0.29) is 17.2 Å². The number of hydrogen-bond acceptors (Lipinski definition) is 5. The molecular weight excluding hydrogens is 328 g/mol. The van der Waals surface area contributed by atoms with Crippen LogP contribution in [-0.2, 0) is 4.79 Å². The van der Waals surface area contributed by atoms with Crippen molar-refractivity contribution in [2.24, 2.45) is 4.99 Å². The van der Waals surface area contributed by atoms with E-state index in [0.717, 1.165) is 5.56 Å². The zero-order chi connectivity index (χ0) is 17.1. The molecule has 0 aromatic heterocycles. The van der Waals surface area contributed by atoms with Gasteiger partial charge in [0, 0.05) is 0 Å². The minimum atomic E-state index is -1.00. The Kier molecular flexibility index (Phi) is 4.35. The van der Waals surface area contributed by atoms with E-state index in [0.29, 0.717) is 15.8 Å². The molecule has 0 bridgehead atoms. The predicted octanol–water partition coefficient (Wildman–Crippen LogP) is 2.98. The molecule has 0 radical (unpaired) electrons. The standard InChI is InChI=1S/C17H12N2O4S/c20-13-7-1-10(2-8-13)9-14-15(21)19-17(24-14)18-12-5-3-11(4-6-12)16(22)23/h1-9,20H,(H,22,23)(H,18,19,21)/b14-9-. The van der Waals surface area contributed by atoms with Gasteiger partial charge in [0.1, 0.15) is 5.75 Å². The van der Waals surface area contributed by atoms with E-state index in [4.69, 9.17) is 5.11 Å². The topological polar surface area (TPSA) is 99.0 Å². The van der Waals surface area contributed by atoms with Crippen LogP contribution in [0.1, 0.15) is 15.9 Å². The third-order valence-electron chi connectivity index (χ3n) is 3.19. The van der Waals surface area contributed by atoms with Crippen molar-refractivity contribution in [1.29, 1.82) is 0 Å². The van der Waals surface area contributed by atoms with Gasteiger partial charge in [-0.05, 0) is 59.8 Å². The van der Waals surface area contributed by atoms with Gasteiger partial charge in [-0.3, -0.25) is 4.79 Å². The molecule has 7 heteroatoms. The summed E-state index contributed by atoms with van der Waals surface area (Å²) >= 11 is 1.19. The maximum Gasteiger partial charge on any atom is 0.335 e. The molecule has 0 atom stereocenters. The maximum absolute atomic E-state index is 12.0. The summed E-state index contributed by atoms with van der Waals surface area (Å²) in [6.07, 6.45) is 1.70. The van der Waals surface area contributed by atoms with E-state index in [1.807, 2.05) is 0 Å². The number of benzene rings is 2. The number of aliphatic imine (C=N–C) groups is 1. The van der Waals surface area contributed by atoms with E-state index >= 15 is 0 Å². The molecule has 2 aromatic carbocycles. The molecule has 0 unspecified atom stereocenters. The lowest BCUT2D eigenvalue weighted by Gasteiger charge is -1.97. The lowest BCUT2D eigenvalue weighted by molar-refractivity contribution is -0.115. The average Bonchev–Trinajstić information content (AvgIpc) is 2.89. The summed E-state index contributed by atoms with van der Waals surface area (Å²) in [4.78, 5) is 27.6. The number of nitrogens with one attached hydrogen (secondary N) is 1. The van der Waals surface area contributed by atoms with Gasteiger partial charge in [-0.2, -0.15) is 0 Å². The molecule has 0 spiro atoms. The first-order valence-electron chi connectivity index (χ1n) is 6.93. The summed E-state index contributed by atoms with van der Waals surface area (Å²) < 4.78 is 0. The molecule has 1 heterocycles. The first-order valence-corrected chi connectivity index (χ1v) is 7.75. The van der Waals surface area contributed by atoms with Crippen LogP contribution in [0.2, 0.25) is 0 Å². The number of aromatic carboxylic acids is 1. The van der Waals surface area contributed by atoms with E-state index < -0.39 is 5.97 Å². The number of phenolic OH excluding ortho intramolecular Hbond substituents is 1. The van der Waals surface area contributed by atoms with Crippen molar-refractivity contribution >= 4 is 40.6 Å². The molecule has 1 aliphatic heterocycles. The molecule has 0 aliphatic carbocycles. The number of hydrogen-bond donors (Lipinski definition) is 3. The van der Waals surface area contributed by atoms with Gasteiger partial charge in [-0.1, -0.05) is 12.1 Å². The summed E-state index contributed by atoms with van der Waals surface area (Å²) in [6, 6.07) is 12.6. The van der Waals surface area contributed by atoms with Crippen LogP contribution in [0.25, 0.3) is 6.08 Å². The van der Waals surface area contributed by atoms with Crippen molar-refractivity contribution in [3.8, 4) is 5.75 Å². The number of nitrogens with zero attached hydrogens (tertiary/aromatic N) is 1. The van der Waals surface area contributed by atoms with Crippen LogP contribution in [0.4, 0.5) is 5.69 Å². The van der Waals surface area contributed by atoms with Crippen molar-refractivity contribution in [2.45, 2.75) is 0 Å². The van der Waals surface area contributed by atoms with E-state index in [1.165, 1.54) is 23.9 Å². The zero-order valence-electron chi connectivity index (χ0n) is 12.3. The summed E-state index contributed by atoms with van der Waals surface area (Å²) in [5.74, 6) is -1.10. The molecule has 1 aliphatic rings. The Labute approximate surface area is 141 Å². The minimum Gasteiger partial charge on any atom is -0.508 e. The number of amides is 1. The van der Waals surface area contributed by atoms with Gasteiger partial charge in [0.2, 0.25) is 0 Å². The molecule has 3 rings (SSSR count). The van der Waals surface area contributed by atoms with Gasteiger partial charge in [-0.15, -0.1) is 0 Å². The Balaban J connectivity index is 1.78. The second-order valence-corrected chi connectivity index (χ2v) is 5.96. The van der Waals surface area contributed by atoms with Gasteiger partial charge in [0.25, 0.3) is 5.91 Å². The predicted molar refractivity (Wildman–Crippen MR) is 92.3 cm³/mol. The third kappa shape index (κ3) is 3.64. The SMILES string of the molecule is O=C1NC(=Nc2ccc(C(=O)O)cc2)S/C1=C\c1ccc(O)cc1. The highest BCUT2D eigenvalue weighted by Crippen LogP contribution is 2.28. The number of carboxylic acids is 1. The summed E-state index contributed by atoms with van der Waals surface area (Å²) in [7, 11) is 0. The Hall–Kier alpha value is -3.06. The lowest BCUT2D eigenvalue weighted by atomic mass is 10.2. The number of thioether (sulfide) groups is 1. The van der Waals surface area contributed by atoms with Crippen molar-refractivity contribution in [3.63, 3.8) is 0 Å². The van der Waals surface area contributed by atoms with E-state index in [1.54, 1.807) is 42.5 Å². The van der Waals surface area contributed by atoms with Crippen LogP contribution < -0.4 is 5.32 Å². The third-order valence-corrected chi connectivity index (χ3v) is 4.10. The highest BCUT2D eigenvalue weighted by molar-refractivity contribution is 8.18. The molecule has 1 amide bonds. The van der Waals surface area contributed by atoms with Gasteiger partial charge >= 0.3 is 5.97 Å². The average molecular weight is 340 g/mol. The first kappa shape index (κ1) is 15.8. The van der Waals surface area contributed by atoms with E-state index in [9.17, 15) is 14.7 Å². The summed E-state index contributed by atoms with van der Waals surface area (Å²) in [5.41, 5.74) is 1.51. The molecule has 1 fully saturated rings. The Morgan fingerprint density at radius 3 is 2.38 bits per heavy atom. The number of carboxylic acid groups (broad SMARTS) is 1. The van der Waals surface area contributed by atoms with Gasteiger partial charge in [-0.25, -0.2) is 9.79 Å². The number of aromatic hydroxyl groups is 1. The fourth-order valence-electron chi connectivity index (χ4n) is 2.00. The van der Waals surface area contributed by atoms with Crippen LogP contribution >= 0.6 is 11.8 Å². The number of carbonyl (C=O) groups is 2. The molecular formula is C17H12N2O4S. The highest BCUT2D eigenvalue weighted by atomic mass is 32.2. The van der Waals surface area contributed by atoms with Crippen LogP contribution in [0.5, 0.6) is 5.75 Å².